The summed E-state index contributed by atoms with van der Waals surface area (Å²) in [6.45, 7) is 9.85. The topological polar surface area (TPSA) is 165 Å². The maximum atomic E-state index is 13.1. The number of carbonyl (C=O) groups is 5. The van der Waals surface area contributed by atoms with Crippen LogP contribution < -0.4 is 0 Å². The first-order chi connectivity index (χ1) is 15.5. The maximum absolute atomic E-state index is 13.1. The van der Waals surface area contributed by atoms with Crippen molar-refractivity contribution in [2.75, 3.05) is 6.61 Å². The van der Waals surface area contributed by atoms with Crippen LogP contribution in [0.2, 0.25) is 0 Å². The predicted molar refractivity (Wildman–Crippen MR) is 112 cm³/mol. The van der Waals surface area contributed by atoms with Crippen molar-refractivity contribution in [1.29, 1.82) is 5.26 Å². The normalized spacial score (nSPS) is 26.1. The summed E-state index contributed by atoms with van der Waals surface area (Å²) in [6.07, 6.45) is -7.31. The molecule has 12 nitrogen and oxygen atoms in total. The van der Waals surface area contributed by atoms with Gasteiger partial charge in [0.05, 0.1) is 6.07 Å². The van der Waals surface area contributed by atoms with Crippen molar-refractivity contribution in [3.63, 3.8) is 0 Å². The average Bonchev–Trinajstić information content (AvgIpc) is 2.66. The minimum Gasteiger partial charge on any atom is -0.463 e. The van der Waals surface area contributed by atoms with Gasteiger partial charge in [0.15, 0.2) is 23.7 Å². The minimum atomic E-state index is -2.08. The van der Waals surface area contributed by atoms with Crippen LogP contribution in [-0.2, 0) is 52.4 Å². The summed E-state index contributed by atoms with van der Waals surface area (Å²) in [5.74, 6) is -4.16. The molecule has 1 fully saturated rings. The highest BCUT2D eigenvalue weighted by atomic mass is 16.7. The van der Waals surface area contributed by atoms with Gasteiger partial charge in [0.1, 0.15) is 24.4 Å². The number of nitriles is 1. The SMILES string of the molecule is CC(=O)OC[C@H]1O[C@@H]([C@@](C)(C#N)C(=O)OC(C)(C)C)[C@H](OC(C)=O)[C@@H](OC(C)=O)[C@@H]1OC(C)=O. The van der Waals surface area contributed by atoms with Gasteiger partial charge in [-0.05, 0) is 27.7 Å². The quantitative estimate of drug-likeness (QED) is 0.371. The largest absolute Gasteiger partial charge is 0.463 e. The molecular weight excluding hydrogens is 454 g/mol. The van der Waals surface area contributed by atoms with E-state index in [1.54, 1.807) is 20.8 Å². The van der Waals surface area contributed by atoms with Crippen LogP contribution in [0.3, 0.4) is 0 Å². The Bertz CT molecular complexity index is 856. The van der Waals surface area contributed by atoms with E-state index in [1.807, 2.05) is 6.07 Å². The average molecular weight is 485 g/mol. The van der Waals surface area contributed by atoms with E-state index >= 15 is 0 Å². The molecule has 34 heavy (non-hydrogen) atoms. The fraction of sp³-hybridized carbons (Fsp3) is 0.727. The van der Waals surface area contributed by atoms with Crippen LogP contribution in [0, 0.1) is 16.7 Å². The fourth-order valence-corrected chi connectivity index (χ4v) is 3.30. The maximum Gasteiger partial charge on any atom is 0.329 e. The summed E-state index contributed by atoms with van der Waals surface area (Å²) in [4.78, 5) is 60.1. The zero-order chi connectivity index (χ0) is 26.4. The summed E-state index contributed by atoms with van der Waals surface area (Å²) >= 11 is 0. The summed E-state index contributed by atoms with van der Waals surface area (Å²) in [5.41, 5.74) is -3.06. The van der Waals surface area contributed by atoms with Crippen molar-refractivity contribution in [2.45, 2.75) is 91.5 Å². The highest BCUT2D eigenvalue weighted by molar-refractivity contribution is 5.81. The molecule has 0 unspecified atom stereocenters. The first-order valence-corrected chi connectivity index (χ1v) is 10.5. The summed E-state index contributed by atoms with van der Waals surface area (Å²) in [7, 11) is 0. The molecule has 1 aliphatic heterocycles. The molecule has 0 N–H and O–H groups in total. The Morgan fingerprint density at radius 3 is 1.68 bits per heavy atom. The van der Waals surface area contributed by atoms with Crippen LogP contribution >= 0.6 is 0 Å². The third kappa shape index (κ3) is 7.69. The second kappa shape index (κ2) is 11.3. The molecule has 0 aromatic heterocycles. The first kappa shape index (κ1) is 28.8. The number of carbonyl (C=O) groups excluding carboxylic acids is 5. The van der Waals surface area contributed by atoms with Crippen LogP contribution in [0.25, 0.3) is 0 Å². The van der Waals surface area contributed by atoms with Gasteiger partial charge in [-0.3, -0.25) is 24.0 Å². The molecule has 0 amide bonds. The minimum absolute atomic E-state index is 0.482. The molecule has 0 saturated carbocycles. The second-order valence-corrected chi connectivity index (χ2v) is 8.94. The number of ether oxygens (including phenoxy) is 6. The molecule has 1 heterocycles. The van der Waals surface area contributed by atoms with Gasteiger partial charge in [-0.2, -0.15) is 5.26 Å². The van der Waals surface area contributed by atoms with Crippen molar-refractivity contribution in [1.82, 2.24) is 0 Å². The lowest BCUT2D eigenvalue weighted by atomic mass is 9.77. The predicted octanol–water partition coefficient (Wildman–Crippen LogP) is 0.984. The van der Waals surface area contributed by atoms with Crippen molar-refractivity contribution < 1.29 is 52.4 Å². The first-order valence-electron chi connectivity index (χ1n) is 10.5. The van der Waals surface area contributed by atoms with Crippen LogP contribution in [0.1, 0.15) is 55.4 Å². The summed E-state index contributed by atoms with van der Waals surface area (Å²) < 4.78 is 32.2. The molecular formula is C22H31NO11. The molecule has 0 aromatic carbocycles. The van der Waals surface area contributed by atoms with Gasteiger partial charge in [-0.1, -0.05) is 0 Å². The zero-order valence-electron chi connectivity index (χ0n) is 20.5. The van der Waals surface area contributed by atoms with Crippen LogP contribution in [-0.4, -0.2) is 72.6 Å². The lowest BCUT2D eigenvalue weighted by molar-refractivity contribution is -0.267. The van der Waals surface area contributed by atoms with E-state index < -0.39 is 78.0 Å². The zero-order valence-corrected chi connectivity index (χ0v) is 20.5. The van der Waals surface area contributed by atoms with E-state index in [2.05, 4.69) is 0 Å². The Hall–Kier alpha value is -3.20. The van der Waals surface area contributed by atoms with E-state index in [9.17, 15) is 29.2 Å². The van der Waals surface area contributed by atoms with E-state index in [-0.39, 0.29) is 0 Å². The summed E-state index contributed by atoms with van der Waals surface area (Å²) in [6, 6.07) is 1.84. The van der Waals surface area contributed by atoms with Gasteiger partial charge < -0.3 is 28.4 Å². The van der Waals surface area contributed by atoms with Gasteiger partial charge in [0, 0.05) is 27.7 Å². The fourth-order valence-electron chi connectivity index (χ4n) is 3.30. The highest BCUT2D eigenvalue weighted by Crippen LogP contribution is 2.39. The van der Waals surface area contributed by atoms with Gasteiger partial charge in [0.25, 0.3) is 0 Å². The molecule has 1 saturated heterocycles. The van der Waals surface area contributed by atoms with Gasteiger partial charge >= 0.3 is 29.8 Å². The molecule has 0 aliphatic carbocycles. The Morgan fingerprint density at radius 1 is 0.794 bits per heavy atom. The smallest absolute Gasteiger partial charge is 0.329 e. The molecule has 190 valence electrons. The van der Waals surface area contributed by atoms with E-state index in [1.165, 1.54) is 6.92 Å². The van der Waals surface area contributed by atoms with Gasteiger partial charge in [0.2, 0.25) is 0 Å². The lowest BCUT2D eigenvalue weighted by Gasteiger charge is -2.47. The van der Waals surface area contributed by atoms with Gasteiger partial charge in [-0.15, -0.1) is 0 Å². The standard InChI is InChI=1S/C22H31NO11/c1-11(24)29-9-15-16(30-12(2)25)17(31-13(3)26)18(32-14(4)27)19(33-15)22(8,10-23)20(28)34-21(5,6)7/h15-19H,9H2,1-8H3/t15-,16-,17+,18-,19-,22-/m1/s1. The number of hydrogen-bond acceptors (Lipinski definition) is 12. The molecule has 1 aliphatic rings. The number of esters is 5. The van der Waals surface area contributed by atoms with Crippen molar-refractivity contribution in [3.05, 3.63) is 0 Å². The van der Waals surface area contributed by atoms with Crippen LogP contribution in [0.5, 0.6) is 0 Å². The Morgan fingerprint density at radius 2 is 1.26 bits per heavy atom. The highest BCUT2D eigenvalue weighted by Gasteiger charge is 2.60. The third-order valence-electron chi connectivity index (χ3n) is 4.62. The van der Waals surface area contributed by atoms with Crippen LogP contribution in [0.15, 0.2) is 0 Å². The number of hydrogen-bond donors (Lipinski definition) is 0. The Kier molecular flexibility index (Phi) is 9.57. The van der Waals surface area contributed by atoms with E-state index in [4.69, 9.17) is 28.4 Å². The Labute approximate surface area is 197 Å². The molecule has 1 rings (SSSR count). The Balaban J connectivity index is 3.67. The molecule has 6 atom stereocenters. The summed E-state index contributed by atoms with van der Waals surface area (Å²) in [5, 5.41) is 9.99. The van der Waals surface area contributed by atoms with E-state index in [0.29, 0.717) is 0 Å². The molecule has 0 radical (unpaired) electrons. The van der Waals surface area contributed by atoms with Crippen molar-refractivity contribution >= 4 is 29.8 Å². The van der Waals surface area contributed by atoms with Crippen molar-refractivity contribution in [3.8, 4) is 6.07 Å². The molecule has 0 bridgehead atoms. The van der Waals surface area contributed by atoms with Crippen LogP contribution in [0.4, 0.5) is 0 Å². The monoisotopic (exact) mass is 485 g/mol. The molecule has 12 heteroatoms. The lowest BCUT2D eigenvalue weighted by Crippen LogP contribution is -2.66. The van der Waals surface area contributed by atoms with Gasteiger partial charge in [-0.25, -0.2) is 0 Å². The third-order valence-corrected chi connectivity index (χ3v) is 4.62. The van der Waals surface area contributed by atoms with Crippen molar-refractivity contribution in [2.24, 2.45) is 5.41 Å². The number of rotatable bonds is 7. The number of nitrogens with zero attached hydrogens (tertiary/aromatic N) is 1. The second-order valence-electron chi connectivity index (χ2n) is 8.94. The van der Waals surface area contributed by atoms with E-state index in [0.717, 1.165) is 27.7 Å². The molecule has 0 spiro atoms. The molecule has 0 aromatic rings.